The van der Waals surface area contributed by atoms with Gasteiger partial charge in [0, 0.05) is 36.6 Å². The molecule has 5 heteroatoms. The summed E-state index contributed by atoms with van der Waals surface area (Å²) in [4.78, 5) is 28.7. The van der Waals surface area contributed by atoms with Crippen LogP contribution >= 0.6 is 15.9 Å². The molecule has 2 heterocycles. The van der Waals surface area contributed by atoms with Gasteiger partial charge in [-0.3, -0.25) is 9.59 Å². The van der Waals surface area contributed by atoms with Crippen LogP contribution in [0, 0.1) is 5.92 Å². The number of hydrogen-bond acceptors (Lipinski definition) is 2. The first kappa shape index (κ1) is 16.5. The van der Waals surface area contributed by atoms with Crippen molar-refractivity contribution >= 4 is 27.7 Å². The molecule has 0 N–H and O–H groups in total. The lowest BCUT2D eigenvalue weighted by molar-refractivity contribution is -0.139. The van der Waals surface area contributed by atoms with Gasteiger partial charge in [0.1, 0.15) is 0 Å². The topological polar surface area (TPSA) is 40.6 Å². The lowest BCUT2D eigenvalue weighted by atomic mass is 9.95. The highest BCUT2D eigenvalue weighted by atomic mass is 79.9. The number of amides is 2. The van der Waals surface area contributed by atoms with E-state index in [1.54, 1.807) is 0 Å². The molecule has 2 aliphatic heterocycles. The van der Waals surface area contributed by atoms with Gasteiger partial charge in [-0.15, -0.1) is 0 Å². The summed E-state index contributed by atoms with van der Waals surface area (Å²) in [6, 6.07) is 7.88. The Hall–Kier alpha value is -1.36. The Morgan fingerprint density at radius 2 is 1.57 bits per heavy atom. The number of rotatable bonds is 3. The van der Waals surface area contributed by atoms with Gasteiger partial charge in [-0.2, -0.15) is 0 Å². The van der Waals surface area contributed by atoms with Crippen molar-refractivity contribution in [3.63, 3.8) is 0 Å². The van der Waals surface area contributed by atoms with Crippen molar-refractivity contribution in [2.24, 2.45) is 5.92 Å². The van der Waals surface area contributed by atoms with E-state index in [4.69, 9.17) is 0 Å². The fourth-order valence-corrected chi connectivity index (χ4v) is 3.72. The fourth-order valence-electron chi connectivity index (χ4n) is 3.46. The SMILES string of the molecule is O=C(Cc1ccc(Br)cc1)N1CCC(C(=O)N2CCCC2)CC1. The molecule has 124 valence electrons. The third kappa shape index (κ3) is 4.14. The summed E-state index contributed by atoms with van der Waals surface area (Å²) >= 11 is 3.40. The monoisotopic (exact) mass is 378 g/mol. The number of carbonyl (C=O) groups is 2. The van der Waals surface area contributed by atoms with E-state index in [1.165, 1.54) is 0 Å². The summed E-state index contributed by atoms with van der Waals surface area (Å²) < 4.78 is 1.02. The lowest BCUT2D eigenvalue weighted by Gasteiger charge is -2.33. The predicted octanol–water partition coefficient (Wildman–Crippen LogP) is 2.85. The second kappa shape index (κ2) is 7.47. The minimum absolute atomic E-state index is 0.116. The molecule has 4 nitrogen and oxygen atoms in total. The molecule has 0 aliphatic carbocycles. The van der Waals surface area contributed by atoms with Crippen molar-refractivity contribution in [1.82, 2.24) is 9.80 Å². The molecule has 0 bridgehead atoms. The highest BCUT2D eigenvalue weighted by Gasteiger charge is 2.31. The average molecular weight is 379 g/mol. The molecule has 2 aliphatic rings. The first-order valence-electron chi connectivity index (χ1n) is 8.44. The Morgan fingerprint density at radius 1 is 0.957 bits per heavy atom. The zero-order valence-electron chi connectivity index (χ0n) is 13.3. The minimum Gasteiger partial charge on any atom is -0.342 e. The molecule has 0 spiro atoms. The fraction of sp³-hybridized carbons (Fsp3) is 0.556. The molecule has 0 radical (unpaired) electrons. The first-order chi connectivity index (χ1) is 11.1. The normalized spacial score (nSPS) is 19.2. The van der Waals surface area contributed by atoms with Crippen LogP contribution in [0.25, 0.3) is 0 Å². The Morgan fingerprint density at radius 3 is 2.17 bits per heavy atom. The third-order valence-corrected chi connectivity index (χ3v) is 5.41. The highest BCUT2D eigenvalue weighted by Crippen LogP contribution is 2.22. The third-order valence-electron chi connectivity index (χ3n) is 4.88. The van der Waals surface area contributed by atoms with E-state index in [0.717, 1.165) is 48.8 Å². The number of likely N-dealkylation sites (tertiary alicyclic amines) is 2. The summed E-state index contributed by atoms with van der Waals surface area (Å²) in [5, 5.41) is 0. The molecule has 0 aromatic heterocycles. The van der Waals surface area contributed by atoms with Gasteiger partial charge in [-0.1, -0.05) is 28.1 Å². The van der Waals surface area contributed by atoms with E-state index in [1.807, 2.05) is 34.1 Å². The molecular formula is C18H23BrN2O2. The molecule has 1 aromatic rings. The van der Waals surface area contributed by atoms with Crippen molar-refractivity contribution in [3.05, 3.63) is 34.3 Å². The summed E-state index contributed by atoms with van der Waals surface area (Å²) in [5.74, 6) is 0.590. The Bertz CT molecular complexity index is 559. The van der Waals surface area contributed by atoms with Crippen LogP contribution in [0.5, 0.6) is 0 Å². The molecule has 2 amide bonds. The Kier molecular flexibility index (Phi) is 5.36. The summed E-state index contributed by atoms with van der Waals surface area (Å²) in [5.41, 5.74) is 1.04. The van der Waals surface area contributed by atoms with Gasteiger partial charge in [0.25, 0.3) is 0 Å². The maximum atomic E-state index is 12.4. The van der Waals surface area contributed by atoms with Gasteiger partial charge < -0.3 is 9.80 Å². The van der Waals surface area contributed by atoms with Crippen molar-refractivity contribution in [2.45, 2.75) is 32.1 Å². The highest BCUT2D eigenvalue weighted by molar-refractivity contribution is 9.10. The maximum absolute atomic E-state index is 12.4. The molecule has 0 saturated carbocycles. The average Bonchev–Trinajstić information content (AvgIpc) is 3.11. The Labute approximate surface area is 146 Å². The quantitative estimate of drug-likeness (QED) is 0.811. The largest absolute Gasteiger partial charge is 0.342 e. The van der Waals surface area contributed by atoms with E-state index >= 15 is 0 Å². The molecule has 0 atom stereocenters. The second-order valence-electron chi connectivity index (χ2n) is 6.49. The molecule has 1 aromatic carbocycles. The molecule has 0 unspecified atom stereocenters. The van der Waals surface area contributed by atoms with E-state index in [0.29, 0.717) is 25.4 Å². The molecule has 2 fully saturated rings. The number of carbonyl (C=O) groups excluding carboxylic acids is 2. The van der Waals surface area contributed by atoms with Crippen molar-refractivity contribution in [2.75, 3.05) is 26.2 Å². The van der Waals surface area contributed by atoms with Crippen LogP contribution in [0.4, 0.5) is 0 Å². The van der Waals surface area contributed by atoms with Crippen molar-refractivity contribution in [3.8, 4) is 0 Å². The van der Waals surface area contributed by atoms with Crippen LogP contribution in [0.3, 0.4) is 0 Å². The van der Waals surface area contributed by atoms with Crippen molar-refractivity contribution < 1.29 is 9.59 Å². The number of piperidine rings is 1. The van der Waals surface area contributed by atoms with Gasteiger partial charge in [0.05, 0.1) is 6.42 Å². The second-order valence-corrected chi connectivity index (χ2v) is 7.41. The van der Waals surface area contributed by atoms with Gasteiger partial charge in [-0.05, 0) is 43.4 Å². The number of halogens is 1. The zero-order valence-corrected chi connectivity index (χ0v) is 14.9. The van der Waals surface area contributed by atoms with Crippen molar-refractivity contribution in [1.29, 1.82) is 0 Å². The van der Waals surface area contributed by atoms with Gasteiger partial charge in [0.2, 0.25) is 11.8 Å². The number of hydrogen-bond donors (Lipinski definition) is 0. The summed E-state index contributed by atoms with van der Waals surface area (Å²) in [7, 11) is 0. The van der Waals surface area contributed by atoms with Gasteiger partial charge in [0.15, 0.2) is 0 Å². The maximum Gasteiger partial charge on any atom is 0.226 e. The van der Waals surface area contributed by atoms with Crippen LogP contribution in [-0.2, 0) is 16.0 Å². The van der Waals surface area contributed by atoms with Gasteiger partial charge in [-0.25, -0.2) is 0 Å². The van der Waals surface area contributed by atoms with Gasteiger partial charge >= 0.3 is 0 Å². The van der Waals surface area contributed by atoms with Crippen LogP contribution < -0.4 is 0 Å². The van der Waals surface area contributed by atoms with Crippen LogP contribution in [0.2, 0.25) is 0 Å². The predicted molar refractivity (Wildman–Crippen MR) is 93.0 cm³/mol. The van der Waals surface area contributed by atoms with Crippen LogP contribution in [-0.4, -0.2) is 47.8 Å². The number of benzene rings is 1. The van der Waals surface area contributed by atoms with E-state index in [9.17, 15) is 9.59 Å². The zero-order chi connectivity index (χ0) is 16.2. The Balaban J connectivity index is 1.49. The van der Waals surface area contributed by atoms with E-state index in [-0.39, 0.29) is 11.8 Å². The van der Waals surface area contributed by atoms with E-state index < -0.39 is 0 Å². The molecule has 3 rings (SSSR count). The molecule has 2 saturated heterocycles. The van der Waals surface area contributed by atoms with E-state index in [2.05, 4.69) is 15.9 Å². The smallest absolute Gasteiger partial charge is 0.226 e. The summed E-state index contributed by atoms with van der Waals surface area (Å²) in [6.45, 7) is 3.25. The molecule has 23 heavy (non-hydrogen) atoms. The summed E-state index contributed by atoms with van der Waals surface area (Å²) in [6.07, 6.45) is 4.33. The van der Waals surface area contributed by atoms with Crippen LogP contribution in [0.1, 0.15) is 31.2 Å². The standard InChI is InChI=1S/C18H23BrN2O2/c19-16-5-3-14(4-6-16)13-17(22)20-11-7-15(8-12-20)18(23)21-9-1-2-10-21/h3-6,15H,1-2,7-13H2. The lowest BCUT2D eigenvalue weighted by Crippen LogP contribution is -2.44. The molecular weight excluding hydrogens is 356 g/mol. The van der Waals surface area contributed by atoms with Crippen LogP contribution in [0.15, 0.2) is 28.7 Å². The number of nitrogens with zero attached hydrogens (tertiary/aromatic N) is 2. The minimum atomic E-state index is 0.116. The first-order valence-corrected chi connectivity index (χ1v) is 9.24.